The van der Waals surface area contributed by atoms with E-state index in [0.717, 1.165) is 59.3 Å². The van der Waals surface area contributed by atoms with Crippen molar-refractivity contribution >= 4 is 28.2 Å². The molecule has 0 spiro atoms. The zero-order valence-electron chi connectivity index (χ0n) is 17.3. The van der Waals surface area contributed by atoms with Crippen molar-refractivity contribution in [1.29, 1.82) is 0 Å². The molecule has 2 aromatic carbocycles. The zero-order chi connectivity index (χ0) is 20.9. The Bertz CT molecular complexity index is 1020. The molecule has 0 unspecified atom stereocenters. The highest BCUT2D eigenvalue weighted by Gasteiger charge is 2.22. The SMILES string of the molecule is Cc1cccc(CO)c1NC1CCN(CC(=O)Nc2cccc3cccnc23)CC1. The largest absolute Gasteiger partial charge is 0.392 e. The summed E-state index contributed by atoms with van der Waals surface area (Å²) >= 11 is 0. The lowest BCUT2D eigenvalue weighted by Crippen LogP contribution is -2.42. The average Bonchev–Trinajstić information content (AvgIpc) is 2.76. The van der Waals surface area contributed by atoms with Crippen molar-refractivity contribution in [1.82, 2.24) is 9.88 Å². The Labute approximate surface area is 176 Å². The molecule has 0 saturated carbocycles. The fourth-order valence-electron chi connectivity index (χ4n) is 4.10. The van der Waals surface area contributed by atoms with Crippen molar-refractivity contribution in [2.45, 2.75) is 32.4 Å². The van der Waals surface area contributed by atoms with Gasteiger partial charge in [-0.25, -0.2) is 0 Å². The summed E-state index contributed by atoms with van der Waals surface area (Å²) in [5.41, 5.74) is 4.69. The number of fused-ring (bicyclic) bond motifs is 1. The zero-order valence-corrected chi connectivity index (χ0v) is 17.3. The number of amides is 1. The van der Waals surface area contributed by atoms with Crippen LogP contribution < -0.4 is 10.6 Å². The molecule has 1 aromatic heterocycles. The van der Waals surface area contributed by atoms with E-state index in [1.165, 1.54) is 0 Å². The Morgan fingerprint density at radius 2 is 1.90 bits per heavy atom. The lowest BCUT2D eigenvalue weighted by atomic mass is 10.0. The van der Waals surface area contributed by atoms with E-state index in [1.54, 1.807) is 6.20 Å². The number of aliphatic hydroxyl groups is 1. The van der Waals surface area contributed by atoms with Crippen molar-refractivity contribution in [3.63, 3.8) is 0 Å². The lowest BCUT2D eigenvalue weighted by molar-refractivity contribution is -0.117. The third kappa shape index (κ3) is 4.61. The van der Waals surface area contributed by atoms with E-state index in [0.29, 0.717) is 12.6 Å². The summed E-state index contributed by atoms with van der Waals surface area (Å²) in [5.74, 6) is -0.0129. The molecular weight excluding hydrogens is 376 g/mol. The fourth-order valence-corrected chi connectivity index (χ4v) is 4.10. The van der Waals surface area contributed by atoms with E-state index in [4.69, 9.17) is 0 Å². The standard InChI is InChI=1S/C24H28N4O2/c1-17-5-2-7-19(16-29)23(17)26-20-10-13-28(14-11-20)15-22(30)27-21-9-3-6-18-8-4-12-25-24(18)21/h2-9,12,20,26,29H,10-11,13-16H2,1H3,(H,27,30). The van der Waals surface area contributed by atoms with E-state index in [2.05, 4.69) is 33.5 Å². The van der Waals surface area contributed by atoms with E-state index >= 15 is 0 Å². The number of likely N-dealkylation sites (tertiary alicyclic amines) is 1. The smallest absolute Gasteiger partial charge is 0.238 e. The number of pyridine rings is 1. The predicted octanol–water partition coefficient (Wildman–Crippen LogP) is 3.55. The summed E-state index contributed by atoms with van der Waals surface area (Å²) in [6, 6.07) is 16.0. The highest BCUT2D eigenvalue weighted by atomic mass is 16.3. The van der Waals surface area contributed by atoms with Gasteiger partial charge in [-0.2, -0.15) is 0 Å². The number of carbonyl (C=O) groups excluding carboxylic acids is 1. The molecule has 3 N–H and O–H groups in total. The van der Waals surface area contributed by atoms with Crippen molar-refractivity contribution < 1.29 is 9.90 Å². The number of aromatic nitrogens is 1. The summed E-state index contributed by atoms with van der Waals surface area (Å²) in [6.07, 6.45) is 3.66. The Hall–Kier alpha value is -2.96. The van der Waals surface area contributed by atoms with Crippen LogP contribution in [0, 0.1) is 6.92 Å². The van der Waals surface area contributed by atoms with Gasteiger partial charge in [-0.15, -0.1) is 0 Å². The second-order valence-corrected chi connectivity index (χ2v) is 7.89. The van der Waals surface area contributed by atoms with Gasteiger partial charge in [0.1, 0.15) is 0 Å². The molecule has 156 valence electrons. The minimum atomic E-state index is -0.0129. The molecule has 6 nitrogen and oxygen atoms in total. The van der Waals surface area contributed by atoms with Crippen LogP contribution in [0.3, 0.4) is 0 Å². The van der Waals surface area contributed by atoms with Crippen LogP contribution in [0.5, 0.6) is 0 Å². The minimum Gasteiger partial charge on any atom is -0.392 e. The fraction of sp³-hybridized carbons (Fsp3) is 0.333. The van der Waals surface area contributed by atoms with Crippen LogP contribution in [-0.2, 0) is 11.4 Å². The molecule has 4 rings (SSSR count). The molecule has 3 aromatic rings. The van der Waals surface area contributed by atoms with Gasteiger partial charge in [-0.05, 0) is 37.5 Å². The number of piperidine rings is 1. The number of nitrogens with zero attached hydrogens (tertiary/aromatic N) is 2. The van der Waals surface area contributed by atoms with Crippen LogP contribution in [0.1, 0.15) is 24.0 Å². The molecule has 0 aliphatic carbocycles. The third-order valence-corrected chi connectivity index (χ3v) is 5.74. The van der Waals surface area contributed by atoms with Crippen molar-refractivity contribution in [3.8, 4) is 0 Å². The summed E-state index contributed by atoms with van der Waals surface area (Å²) in [7, 11) is 0. The van der Waals surface area contributed by atoms with Gasteiger partial charge in [0.2, 0.25) is 5.91 Å². The number of hydrogen-bond acceptors (Lipinski definition) is 5. The van der Waals surface area contributed by atoms with Gasteiger partial charge in [0.25, 0.3) is 0 Å². The van der Waals surface area contributed by atoms with E-state index in [-0.39, 0.29) is 12.5 Å². The molecule has 1 aliphatic rings. The first kappa shape index (κ1) is 20.3. The van der Waals surface area contributed by atoms with Crippen molar-refractivity contribution in [2.24, 2.45) is 0 Å². The van der Waals surface area contributed by atoms with Crippen LogP contribution in [0.4, 0.5) is 11.4 Å². The molecule has 30 heavy (non-hydrogen) atoms. The number of rotatable bonds is 6. The number of carbonyl (C=O) groups is 1. The predicted molar refractivity (Wildman–Crippen MR) is 121 cm³/mol. The highest BCUT2D eigenvalue weighted by molar-refractivity contribution is 6.00. The Kier molecular flexibility index (Phi) is 6.26. The Morgan fingerprint density at radius 1 is 1.13 bits per heavy atom. The van der Waals surface area contributed by atoms with Crippen LogP contribution in [0.25, 0.3) is 10.9 Å². The Balaban J connectivity index is 1.31. The average molecular weight is 405 g/mol. The second kappa shape index (κ2) is 9.24. The normalized spacial score (nSPS) is 15.3. The first-order chi connectivity index (χ1) is 14.6. The molecule has 0 bridgehead atoms. The first-order valence-corrected chi connectivity index (χ1v) is 10.5. The topological polar surface area (TPSA) is 77.5 Å². The molecule has 2 heterocycles. The van der Waals surface area contributed by atoms with Gasteiger partial charge in [-0.3, -0.25) is 14.7 Å². The summed E-state index contributed by atoms with van der Waals surface area (Å²) in [6.45, 7) is 4.19. The van der Waals surface area contributed by atoms with Gasteiger partial charge in [-0.1, -0.05) is 36.4 Å². The van der Waals surface area contributed by atoms with Gasteiger partial charge in [0.05, 0.1) is 24.4 Å². The van der Waals surface area contributed by atoms with Gasteiger partial charge < -0.3 is 15.7 Å². The van der Waals surface area contributed by atoms with Crippen molar-refractivity contribution in [3.05, 3.63) is 65.9 Å². The quantitative estimate of drug-likeness (QED) is 0.586. The maximum absolute atomic E-state index is 12.6. The minimum absolute atomic E-state index is 0.0129. The summed E-state index contributed by atoms with van der Waals surface area (Å²) in [4.78, 5) is 19.2. The number of aliphatic hydroxyl groups excluding tert-OH is 1. The van der Waals surface area contributed by atoms with Crippen molar-refractivity contribution in [2.75, 3.05) is 30.3 Å². The van der Waals surface area contributed by atoms with Crippen LogP contribution in [0.15, 0.2) is 54.7 Å². The number of benzene rings is 2. The number of anilines is 2. The maximum atomic E-state index is 12.6. The summed E-state index contributed by atoms with van der Waals surface area (Å²) < 4.78 is 0. The molecule has 1 aliphatic heterocycles. The molecule has 0 radical (unpaired) electrons. The lowest BCUT2D eigenvalue weighted by Gasteiger charge is -2.33. The van der Waals surface area contributed by atoms with E-state index in [9.17, 15) is 9.90 Å². The van der Waals surface area contributed by atoms with E-state index < -0.39 is 0 Å². The monoisotopic (exact) mass is 404 g/mol. The molecular formula is C24H28N4O2. The number of para-hydroxylation sites is 2. The van der Waals surface area contributed by atoms with Crippen LogP contribution in [0.2, 0.25) is 0 Å². The molecule has 1 amide bonds. The number of nitrogens with one attached hydrogen (secondary N) is 2. The number of hydrogen-bond donors (Lipinski definition) is 3. The third-order valence-electron chi connectivity index (χ3n) is 5.74. The summed E-state index contributed by atoms with van der Waals surface area (Å²) in [5, 5.41) is 17.2. The second-order valence-electron chi connectivity index (χ2n) is 7.89. The first-order valence-electron chi connectivity index (χ1n) is 10.5. The van der Waals surface area contributed by atoms with E-state index in [1.807, 2.05) is 42.5 Å². The van der Waals surface area contributed by atoms with Gasteiger partial charge in [0, 0.05) is 42.0 Å². The molecule has 1 fully saturated rings. The molecule has 1 saturated heterocycles. The Morgan fingerprint density at radius 3 is 2.70 bits per heavy atom. The van der Waals surface area contributed by atoms with Crippen LogP contribution >= 0.6 is 0 Å². The number of aryl methyl sites for hydroxylation is 1. The van der Waals surface area contributed by atoms with Gasteiger partial charge >= 0.3 is 0 Å². The molecule has 6 heteroatoms. The highest BCUT2D eigenvalue weighted by Crippen LogP contribution is 2.25. The molecule has 0 atom stereocenters. The van der Waals surface area contributed by atoms with Crippen LogP contribution in [-0.4, -0.2) is 46.6 Å². The maximum Gasteiger partial charge on any atom is 0.238 e. The van der Waals surface area contributed by atoms with Gasteiger partial charge in [0.15, 0.2) is 0 Å².